The van der Waals surface area contributed by atoms with E-state index in [9.17, 15) is 18.3 Å². The van der Waals surface area contributed by atoms with Crippen molar-refractivity contribution in [2.75, 3.05) is 17.2 Å². The summed E-state index contributed by atoms with van der Waals surface area (Å²) in [5.74, 6) is 0.885. The van der Waals surface area contributed by atoms with Gasteiger partial charge in [-0.2, -0.15) is 22.7 Å². The number of rotatable bonds is 5. The van der Waals surface area contributed by atoms with Gasteiger partial charge < -0.3 is 15.7 Å². The van der Waals surface area contributed by atoms with E-state index in [1.54, 1.807) is 22.7 Å². The minimum absolute atomic E-state index is 0.0747. The molecule has 138 valence electrons. The normalized spacial score (nSPS) is 12.4. The van der Waals surface area contributed by atoms with E-state index in [1.165, 1.54) is 12.1 Å². The molecule has 0 amide bonds. The molecule has 26 heavy (non-hydrogen) atoms. The Hall–Kier alpha value is -2.81. The number of pyridine rings is 1. The number of halogens is 3. The second kappa shape index (κ2) is 6.49. The van der Waals surface area contributed by atoms with Crippen molar-refractivity contribution < 1.29 is 18.3 Å². The molecule has 2 aromatic heterocycles. The first kappa shape index (κ1) is 18.0. The van der Waals surface area contributed by atoms with Gasteiger partial charge in [0.2, 0.25) is 5.95 Å². The molecule has 3 N–H and O–H groups in total. The highest BCUT2D eigenvalue weighted by atomic mass is 19.4. The van der Waals surface area contributed by atoms with Gasteiger partial charge in [0.15, 0.2) is 5.65 Å². The van der Waals surface area contributed by atoms with E-state index in [2.05, 4.69) is 20.7 Å². The zero-order chi connectivity index (χ0) is 18.9. The summed E-state index contributed by atoms with van der Waals surface area (Å²) in [4.78, 5) is 4.31. The number of fused-ring (bicyclic) bond motifs is 1. The smallest absolute Gasteiger partial charge is 0.394 e. The number of nitrogens with one attached hydrogen (secondary N) is 2. The van der Waals surface area contributed by atoms with Crippen molar-refractivity contribution >= 4 is 23.1 Å². The van der Waals surface area contributed by atoms with Gasteiger partial charge in [-0.05, 0) is 50.2 Å². The Labute approximate surface area is 147 Å². The van der Waals surface area contributed by atoms with Crippen LogP contribution in [0.3, 0.4) is 0 Å². The maximum atomic E-state index is 12.6. The van der Waals surface area contributed by atoms with E-state index in [0.717, 1.165) is 12.1 Å². The van der Waals surface area contributed by atoms with Crippen LogP contribution in [0.2, 0.25) is 0 Å². The molecule has 0 atom stereocenters. The van der Waals surface area contributed by atoms with Crippen LogP contribution in [0.5, 0.6) is 0 Å². The number of aromatic nitrogens is 3. The van der Waals surface area contributed by atoms with Crippen molar-refractivity contribution in [3.63, 3.8) is 0 Å². The van der Waals surface area contributed by atoms with Crippen LogP contribution >= 0.6 is 0 Å². The van der Waals surface area contributed by atoms with Gasteiger partial charge in [0, 0.05) is 5.69 Å². The second-order valence-electron chi connectivity index (χ2n) is 6.48. The summed E-state index contributed by atoms with van der Waals surface area (Å²) < 4.78 is 39.4. The van der Waals surface area contributed by atoms with Crippen molar-refractivity contribution in [1.29, 1.82) is 0 Å². The summed E-state index contributed by atoms with van der Waals surface area (Å²) in [5, 5.41) is 19.8. The molecule has 0 unspecified atom stereocenters. The van der Waals surface area contributed by atoms with Crippen LogP contribution in [0.25, 0.3) is 5.65 Å². The molecule has 0 saturated heterocycles. The van der Waals surface area contributed by atoms with Crippen LogP contribution in [-0.4, -0.2) is 31.9 Å². The number of alkyl halides is 3. The zero-order valence-corrected chi connectivity index (χ0v) is 14.2. The average Bonchev–Trinajstić information content (AvgIpc) is 2.98. The quantitative estimate of drug-likeness (QED) is 0.643. The molecule has 0 aliphatic rings. The first-order chi connectivity index (χ1) is 12.2. The van der Waals surface area contributed by atoms with Gasteiger partial charge in [-0.1, -0.05) is 6.07 Å². The highest BCUT2D eigenvalue weighted by Gasteiger charge is 2.30. The second-order valence-corrected chi connectivity index (χ2v) is 6.48. The van der Waals surface area contributed by atoms with Crippen LogP contribution in [0.1, 0.15) is 19.4 Å². The predicted octanol–water partition coefficient (Wildman–Crippen LogP) is 3.67. The summed E-state index contributed by atoms with van der Waals surface area (Å²) in [6.07, 6.45) is -4.38. The molecule has 6 nitrogen and oxygen atoms in total. The lowest BCUT2D eigenvalue weighted by Crippen LogP contribution is -2.35. The molecule has 1 aromatic carbocycles. The van der Waals surface area contributed by atoms with Gasteiger partial charge in [0.25, 0.3) is 0 Å². The van der Waals surface area contributed by atoms with Crippen LogP contribution in [0.4, 0.5) is 30.6 Å². The lowest BCUT2D eigenvalue weighted by atomic mass is 10.1. The Balaban J connectivity index is 1.85. The van der Waals surface area contributed by atoms with Crippen molar-refractivity contribution in [3.05, 3.63) is 48.0 Å². The summed E-state index contributed by atoms with van der Waals surface area (Å²) >= 11 is 0. The average molecular weight is 365 g/mol. The van der Waals surface area contributed by atoms with Crippen LogP contribution in [0, 0.1) is 0 Å². The van der Waals surface area contributed by atoms with Gasteiger partial charge >= 0.3 is 6.18 Å². The molecule has 9 heteroatoms. The number of aliphatic hydroxyl groups is 1. The van der Waals surface area contributed by atoms with E-state index < -0.39 is 17.3 Å². The lowest BCUT2D eigenvalue weighted by Gasteiger charge is -2.24. The van der Waals surface area contributed by atoms with Crippen molar-refractivity contribution in [2.45, 2.75) is 25.6 Å². The van der Waals surface area contributed by atoms with Gasteiger partial charge in [-0.3, -0.25) is 0 Å². The summed E-state index contributed by atoms with van der Waals surface area (Å²) in [7, 11) is 0. The number of hydrogen-bond donors (Lipinski definition) is 3. The molecule has 0 spiro atoms. The number of hydrogen-bond acceptors (Lipinski definition) is 5. The summed E-state index contributed by atoms with van der Waals surface area (Å²) in [6, 6.07) is 9.97. The largest absolute Gasteiger partial charge is 0.416 e. The number of nitrogens with zero attached hydrogens (tertiary/aromatic N) is 3. The molecule has 0 aliphatic heterocycles. The number of anilines is 3. The van der Waals surface area contributed by atoms with E-state index >= 15 is 0 Å². The Morgan fingerprint density at radius 2 is 1.77 bits per heavy atom. The Morgan fingerprint density at radius 1 is 1.08 bits per heavy atom. The van der Waals surface area contributed by atoms with Crippen LogP contribution < -0.4 is 10.6 Å². The molecular weight excluding hydrogens is 347 g/mol. The Morgan fingerprint density at radius 3 is 2.38 bits per heavy atom. The molecule has 3 rings (SSSR count). The molecule has 0 aliphatic carbocycles. The van der Waals surface area contributed by atoms with E-state index in [-0.39, 0.29) is 12.6 Å². The maximum Gasteiger partial charge on any atom is 0.416 e. The highest BCUT2D eigenvalue weighted by Crippen LogP contribution is 2.30. The van der Waals surface area contributed by atoms with Crippen molar-refractivity contribution in [1.82, 2.24) is 14.6 Å². The standard InChI is InChI=1S/C17H18F3N5O/c1-16(2,10-26)23-14-5-3-4-13-22-15(24-25(13)14)21-12-8-6-11(7-9-12)17(18,19)20/h3-9,23,26H,10H2,1-2H3,(H,21,24). The van der Waals surface area contributed by atoms with Gasteiger partial charge in [-0.15, -0.1) is 5.10 Å². The fraction of sp³-hybridized carbons (Fsp3) is 0.294. The number of benzene rings is 1. The van der Waals surface area contributed by atoms with E-state index in [1.807, 2.05) is 13.8 Å². The minimum atomic E-state index is -4.38. The van der Waals surface area contributed by atoms with E-state index in [4.69, 9.17) is 0 Å². The molecule has 0 radical (unpaired) electrons. The van der Waals surface area contributed by atoms with Crippen LogP contribution in [0.15, 0.2) is 42.5 Å². The highest BCUT2D eigenvalue weighted by molar-refractivity contribution is 5.58. The first-order valence-electron chi connectivity index (χ1n) is 7.87. The summed E-state index contributed by atoms with van der Waals surface area (Å²) in [6.45, 7) is 3.60. The first-order valence-corrected chi connectivity index (χ1v) is 7.87. The molecule has 0 bridgehead atoms. The van der Waals surface area contributed by atoms with Crippen molar-refractivity contribution in [3.8, 4) is 0 Å². The Bertz CT molecular complexity index is 903. The maximum absolute atomic E-state index is 12.6. The fourth-order valence-corrected chi connectivity index (χ4v) is 2.31. The summed E-state index contributed by atoms with van der Waals surface area (Å²) in [5.41, 5.74) is -0.276. The third-order valence-electron chi connectivity index (χ3n) is 3.69. The van der Waals surface area contributed by atoms with E-state index in [0.29, 0.717) is 17.2 Å². The van der Waals surface area contributed by atoms with Crippen molar-refractivity contribution in [2.24, 2.45) is 0 Å². The van der Waals surface area contributed by atoms with Crippen LogP contribution in [-0.2, 0) is 6.18 Å². The molecule has 3 aromatic rings. The molecule has 2 heterocycles. The predicted molar refractivity (Wildman–Crippen MR) is 92.5 cm³/mol. The zero-order valence-electron chi connectivity index (χ0n) is 14.2. The molecule has 0 fully saturated rings. The Kier molecular flexibility index (Phi) is 4.49. The topological polar surface area (TPSA) is 74.5 Å². The third kappa shape index (κ3) is 3.88. The number of aliphatic hydroxyl groups excluding tert-OH is 1. The van der Waals surface area contributed by atoms with Gasteiger partial charge in [-0.25, -0.2) is 0 Å². The van der Waals surface area contributed by atoms with Gasteiger partial charge in [0.1, 0.15) is 5.82 Å². The monoisotopic (exact) mass is 365 g/mol. The lowest BCUT2D eigenvalue weighted by molar-refractivity contribution is -0.137. The van der Waals surface area contributed by atoms with Gasteiger partial charge in [0.05, 0.1) is 17.7 Å². The SMILES string of the molecule is CC(C)(CO)Nc1cccc2nc(Nc3ccc(C(F)(F)F)cc3)nn12. The molecular formula is C17H18F3N5O. The minimum Gasteiger partial charge on any atom is -0.394 e. The fourth-order valence-electron chi connectivity index (χ4n) is 2.31. The third-order valence-corrected chi connectivity index (χ3v) is 3.69. The molecule has 0 saturated carbocycles.